The van der Waals surface area contributed by atoms with Crippen LogP contribution in [0.3, 0.4) is 0 Å². The van der Waals surface area contributed by atoms with Gasteiger partial charge in [0, 0.05) is 16.8 Å². The highest BCUT2D eigenvalue weighted by atomic mass is 35.5. The van der Waals surface area contributed by atoms with Gasteiger partial charge in [0.2, 0.25) is 0 Å². The van der Waals surface area contributed by atoms with E-state index in [-0.39, 0.29) is 5.75 Å². The molecule has 1 rings (SSSR count). The van der Waals surface area contributed by atoms with Crippen LogP contribution >= 0.6 is 11.6 Å². The van der Waals surface area contributed by atoms with E-state index in [0.717, 1.165) is 0 Å². The third-order valence-electron chi connectivity index (χ3n) is 1.97. The van der Waals surface area contributed by atoms with Crippen molar-refractivity contribution in [1.82, 2.24) is 0 Å². The van der Waals surface area contributed by atoms with Gasteiger partial charge < -0.3 is 9.84 Å². The Balaban J connectivity index is 2.83. The van der Waals surface area contributed by atoms with E-state index in [9.17, 15) is 9.90 Å². The van der Waals surface area contributed by atoms with Crippen molar-refractivity contribution in [3.05, 3.63) is 28.8 Å². The van der Waals surface area contributed by atoms with Crippen LogP contribution in [-0.2, 0) is 9.53 Å². The number of benzene rings is 1. The summed E-state index contributed by atoms with van der Waals surface area (Å²) >= 11 is 5.76. The Labute approximate surface area is 98.5 Å². The van der Waals surface area contributed by atoms with Crippen molar-refractivity contribution in [3.8, 4) is 5.75 Å². The maximum Gasteiger partial charge on any atom is 0.330 e. The minimum absolute atomic E-state index is 0.0604. The van der Waals surface area contributed by atoms with Gasteiger partial charge in [0.1, 0.15) is 11.8 Å². The van der Waals surface area contributed by atoms with Crippen molar-refractivity contribution in [1.29, 1.82) is 0 Å². The first kappa shape index (κ1) is 12.5. The lowest BCUT2D eigenvalue weighted by Crippen LogP contribution is -2.16. The Bertz CT molecular complexity index is 418. The maximum atomic E-state index is 11.1. The maximum absolute atomic E-state index is 11.1. The number of phenols is 1. The van der Waals surface area contributed by atoms with Gasteiger partial charge in [-0.05, 0) is 25.1 Å². The number of hydrogen-bond donors (Lipinski definition) is 1. The number of phenolic OH excluding ortho intramolecular Hbond substituents is 1. The molecule has 0 saturated carbocycles. The second-order valence-electron chi connectivity index (χ2n) is 3.18. The van der Waals surface area contributed by atoms with Crippen LogP contribution in [0.15, 0.2) is 23.2 Å². The fourth-order valence-corrected chi connectivity index (χ4v) is 1.23. The quantitative estimate of drug-likeness (QED) is 0.651. The van der Waals surface area contributed by atoms with E-state index in [2.05, 4.69) is 9.73 Å². The fraction of sp³-hybridized carbons (Fsp3) is 0.273. The summed E-state index contributed by atoms with van der Waals surface area (Å²) in [5.74, 6) is -0.372. The van der Waals surface area contributed by atoms with Crippen LogP contribution in [0.2, 0.25) is 5.02 Å². The SMILES string of the molecule is COC(=O)[C@H](C)N=Cc1cc(Cl)ccc1O. The van der Waals surface area contributed by atoms with Gasteiger partial charge in [-0.15, -0.1) is 0 Å². The zero-order valence-corrected chi connectivity index (χ0v) is 9.73. The highest BCUT2D eigenvalue weighted by Crippen LogP contribution is 2.19. The highest BCUT2D eigenvalue weighted by molar-refractivity contribution is 6.30. The monoisotopic (exact) mass is 241 g/mol. The van der Waals surface area contributed by atoms with E-state index in [1.165, 1.54) is 19.4 Å². The van der Waals surface area contributed by atoms with Crippen molar-refractivity contribution in [2.75, 3.05) is 7.11 Å². The molecule has 1 atom stereocenters. The van der Waals surface area contributed by atoms with Crippen LogP contribution in [0.1, 0.15) is 12.5 Å². The van der Waals surface area contributed by atoms with Crippen molar-refractivity contribution in [3.63, 3.8) is 0 Å². The van der Waals surface area contributed by atoms with Gasteiger partial charge in [-0.3, -0.25) is 4.99 Å². The molecule has 0 saturated heterocycles. The number of nitrogens with zero attached hydrogens (tertiary/aromatic N) is 1. The highest BCUT2D eigenvalue weighted by Gasteiger charge is 2.10. The Hall–Kier alpha value is -1.55. The predicted molar refractivity (Wildman–Crippen MR) is 62.2 cm³/mol. The number of carbonyl (C=O) groups is 1. The van der Waals surface area contributed by atoms with E-state index in [0.29, 0.717) is 10.6 Å². The predicted octanol–water partition coefficient (Wildman–Crippen LogP) is 2.03. The summed E-state index contributed by atoms with van der Waals surface area (Å²) in [6.07, 6.45) is 1.39. The minimum atomic E-state index is -0.608. The summed E-state index contributed by atoms with van der Waals surface area (Å²) in [6.45, 7) is 1.60. The number of esters is 1. The number of carbonyl (C=O) groups excluding carboxylic acids is 1. The molecule has 0 bridgehead atoms. The second-order valence-corrected chi connectivity index (χ2v) is 3.62. The van der Waals surface area contributed by atoms with Gasteiger partial charge in [0.15, 0.2) is 0 Å². The molecule has 1 aromatic rings. The smallest absolute Gasteiger partial charge is 0.330 e. The molecule has 0 radical (unpaired) electrons. The summed E-state index contributed by atoms with van der Waals surface area (Å²) < 4.78 is 4.51. The van der Waals surface area contributed by atoms with Crippen molar-refractivity contribution in [2.45, 2.75) is 13.0 Å². The van der Waals surface area contributed by atoms with Crippen LogP contribution in [0.5, 0.6) is 5.75 Å². The first-order valence-electron chi connectivity index (χ1n) is 4.64. The van der Waals surface area contributed by atoms with Crippen LogP contribution < -0.4 is 0 Å². The third-order valence-corrected chi connectivity index (χ3v) is 2.20. The van der Waals surface area contributed by atoms with Crippen molar-refractivity contribution >= 4 is 23.8 Å². The van der Waals surface area contributed by atoms with Gasteiger partial charge in [-0.2, -0.15) is 0 Å². The Kier molecular flexibility index (Phi) is 4.31. The van der Waals surface area contributed by atoms with Crippen LogP contribution in [0.4, 0.5) is 0 Å². The molecule has 0 fully saturated rings. The molecular weight excluding hydrogens is 230 g/mol. The summed E-state index contributed by atoms with van der Waals surface area (Å²) in [5.41, 5.74) is 0.461. The molecule has 86 valence electrons. The standard InChI is InChI=1S/C11H12ClNO3/c1-7(11(15)16-2)13-6-8-5-9(12)3-4-10(8)14/h3-7,14H,1-2H3/t7-/m0/s1. The molecule has 5 heteroatoms. The van der Waals surface area contributed by atoms with Gasteiger partial charge >= 0.3 is 5.97 Å². The lowest BCUT2D eigenvalue weighted by atomic mass is 10.2. The number of methoxy groups -OCH3 is 1. The molecule has 0 aliphatic carbocycles. The Morgan fingerprint density at radius 1 is 1.62 bits per heavy atom. The van der Waals surface area contributed by atoms with Crippen molar-refractivity contribution < 1.29 is 14.6 Å². The molecule has 1 N–H and O–H groups in total. The molecule has 0 heterocycles. The van der Waals surface area contributed by atoms with E-state index in [1.807, 2.05) is 0 Å². The lowest BCUT2D eigenvalue weighted by Gasteiger charge is -2.03. The van der Waals surface area contributed by atoms with Gasteiger partial charge in [-0.25, -0.2) is 4.79 Å². The van der Waals surface area contributed by atoms with Gasteiger partial charge in [0.25, 0.3) is 0 Å². The van der Waals surface area contributed by atoms with Crippen LogP contribution in [0, 0.1) is 0 Å². The summed E-state index contributed by atoms with van der Waals surface area (Å²) in [4.78, 5) is 15.0. The topological polar surface area (TPSA) is 58.9 Å². The zero-order valence-electron chi connectivity index (χ0n) is 8.98. The molecule has 0 unspecified atom stereocenters. The average Bonchev–Trinajstić information content (AvgIpc) is 2.28. The third kappa shape index (κ3) is 3.24. The number of aromatic hydroxyl groups is 1. The van der Waals surface area contributed by atoms with E-state index < -0.39 is 12.0 Å². The van der Waals surface area contributed by atoms with E-state index in [4.69, 9.17) is 11.6 Å². The molecule has 0 aromatic heterocycles. The molecular formula is C11H12ClNO3. The number of halogens is 1. The molecule has 1 aromatic carbocycles. The summed E-state index contributed by atoms with van der Waals surface area (Å²) in [5, 5.41) is 9.97. The largest absolute Gasteiger partial charge is 0.507 e. The molecule has 0 aliphatic rings. The number of ether oxygens (including phenoxy) is 1. The summed E-state index contributed by atoms with van der Waals surface area (Å²) in [7, 11) is 1.30. The molecule has 0 amide bonds. The molecule has 0 aliphatic heterocycles. The van der Waals surface area contributed by atoms with Crippen LogP contribution in [0.25, 0.3) is 0 Å². The summed E-state index contributed by atoms with van der Waals surface area (Å²) in [6, 6.07) is 3.98. The average molecular weight is 242 g/mol. The van der Waals surface area contributed by atoms with Gasteiger partial charge in [0.05, 0.1) is 7.11 Å². The van der Waals surface area contributed by atoms with Gasteiger partial charge in [-0.1, -0.05) is 11.6 Å². The number of aliphatic imine (C=N–C) groups is 1. The minimum Gasteiger partial charge on any atom is -0.507 e. The van der Waals surface area contributed by atoms with Crippen molar-refractivity contribution in [2.24, 2.45) is 4.99 Å². The second kappa shape index (κ2) is 5.51. The first-order valence-corrected chi connectivity index (χ1v) is 5.02. The molecule has 16 heavy (non-hydrogen) atoms. The number of rotatable bonds is 3. The normalized spacial score (nSPS) is 12.7. The number of hydrogen-bond acceptors (Lipinski definition) is 4. The molecule has 0 spiro atoms. The zero-order chi connectivity index (χ0) is 12.1. The Morgan fingerprint density at radius 2 is 2.31 bits per heavy atom. The lowest BCUT2D eigenvalue weighted by molar-refractivity contribution is -0.141. The van der Waals surface area contributed by atoms with E-state index in [1.54, 1.807) is 19.1 Å². The van der Waals surface area contributed by atoms with Crippen LogP contribution in [-0.4, -0.2) is 30.4 Å². The fourth-order valence-electron chi connectivity index (χ4n) is 1.05. The molecule has 4 nitrogen and oxygen atoms in total. The van der Waals surface area contributed by atoms with E-state index >= 15 is 0 Å². The first-order chi connectivity index (χ1) is 7.54. The Morgan fingerprint density at radius 3 is 2.94 bits per heavy atom.